The van der Waals surface area contributed by atoms with Crippen LogP contribution in [-0.4, -0.2) is 28.0 Å². The molecule has 0 spiro atoms. The molecule has 1 aliphatic rings. The van der Waals surface area contributed by atoms with Crippen molar-refractivity contribution >= 4 is 11.6 Å². The van der Waals surface area contributed by atoms with Gasteiger partial charge >= 0.3 is 0 Å². The maximum absolute atomic E-state index is 12.2. The standard InChI is InChI=1S/C15H18N4O/c20-15(14-6-1-2-7-17-14)18-12-4-3-5-13(10-12)19-9-8-16-11-19/h3-5,8-11,14,17H,1-2,6-7H2,(H,18,20)/t14-/m0/s1. The van der Waals surface area contributed by atoms with Crippen molar-refractivity contribution in [3.8, 4) is 5.69 Å². The Morgan fingerprint density at radius 2 is 2.35 bits per heavy atom. The minimum atomic E-state index is -0.0688. The number of nitrogens with zero attached hydrogens (tertiary/aromatic N) is 2. The monoisotopic (exact) mass is 270 g/mol. The highest BCUT2D eigenvalue weighted by molar-refractivity contribution is 5.95. The zero-order valence-electron chi connectivity index (χ0n) is 11.2. The lowest BCUT2D eigenvalue weighted by Crippen LogP contribution is -2.43. The van der Waals surface area contributed by atoms with E-state index in [4.69, 9.17) is 0 Å². The van der Waals surface area contributed by atoms with E-state index in [1.165, 1.54) is 0 Å². The molecule has 2 aromatic rings. The quantitative estimate of drug-likeness (QED) is 0.896. The molecule has 0 unspecified atom stereocenters. The van der Waals surface area contributed by atoms with Crippen molar-refractivity contribution in [2.45, 2.75) is 25.3 Å². The number of hydrogen-bond acceptors (Lipinski definition) is 3. The van der Waals surface area contributed by atoms with Crippen LogP contribution in [0.4, 0.5) is 5.69 Å². The van der Waals surface area contributed by atoms with Gasteiger partial charge in [0.15, 0.2) is 0 Å². The molecular weight excluding hydrogens is 252 g/mol. The zero-order valence-corrected chi connectivity index (χ0v) is 11.2. The van der Waals surface area contributed by atoms with Gasteiger partial charge in [-0.25, -0.2) is 4.98 Å². The van der Waals surface area contributed by atoms with Crippen molar-refractivity contribution in [2.75, 3.05) is 11.9 Å². The summed E-state index contributed by atoms with van der Waals surface area (Å²) in [6.07, 6.45) is 8.53. The summed E-state index contributed by atoms with van der Waals surface area (Å²) in [7, 11) is 0. The summed E-state index contributed by atoms with van der Waals surface area (Å²) in [5.41, 5.74) is 1.80. The van der Waals surface area contributed by atoms with E-state index >= 15 is 0 Å². The lowest BCUT2D eigenvalue weighted by atomic mass is 10.0. The first-order chi connectivity index (χ1) is 9.83. The normalized spacial score (nSPS) is 18.7. The molecule has 5 nitrogen and oxygen atoms in total. The second-order valence-electron chi connectivity index (χ2n) is 5.01. The third-order valence-electron chi connectivity index (χ3n) is 3.54. The van der Waals surface area contributed by atoms with Gasteiger partial charge in [-0.2, -0.15) is 0 Å². The van der Waals surface area contributed by atoms with Crippen molar-refractivity contribution in [1.29, 1.82) is 0 Å². The SMILES string of the molecule is O=C(Nc1cccc(-n2ccnc2)c1)[C@@H]1CCCCN1. The molecule has 1 amide bonds. The smallest absolute Gasteiger partial charge is 0.241 e. The van der Waals surface area contributed by atoms with Crippen LogP contribution in [-0.2, 0) is 4.79 Å². The van der Waals surface area contributed by atoms with E-state index in [1.807, 2.05) is 35.0 Å². The predicted octanol–water partition coefficient (Wildman–Crippen LogP) is 1.95. The minimum Gasteiger partial charge on any atom is -0.325 e. The van der Waals surface area contributed by atoms with Gasteiger partial charge in [0.05, 0.1) is 12.4 Å². The Hall–Kier alpha value is -2.14. The Morgan fingerprint density at radius 3 is 3.10 bits per heavy atom. The van der Waals surface area contributed by atoms with Gasteiger partial charge in [-0.3, -0.25) is 4.79 Å². The third-order valence-corrected chi connectivity index (χ3v) is 3.54. The molecule has 3 rings (SSSR count). The number of anilines is 1. The molecule has 1 atom stereocenters. The van der Waals surface area contributed by atoms with Crippen molar-refractivity contribution in [2.24, 2.45) is 0 Å². The first-order valence-electron chi connectivity index (χ1n) is 6.95. The number of benzene rings is 1. The predicted molar refractivity (Wildman–Crippen MR) is 77.8 cm³/mol. The number of nitrogens with one attached hydrogen (secondary N) is 2. The Morgan fingerprint density at radius 1 is 1.40 bits per heavy atom. The van der Waals surface area contributed by atoms with E-state index < -0.39 is 0 Å². The largest absolute Gasteiger partial charge is 0.325 e. The highest BCUT2D eigenvalue weighted by atomic mass is 16.2. The third kappa shape index (κ3) is 2.88. The topological polar surface area (TPSA) is 59.0 Å². The maximum atomic E-state index is 12.2. The average molecular weight is 270 g/mol. The Balaban J connectivity index is 1.71. The molecule has 5 heteroatoms. The van der Waals surface area contributed by atoms with E-state index in [0.29, 0.717) is 0 Å². The number of rotatable bonds is 3. The Kier molecular flexibility index (Phi) is 3.78. The van der Waals surface area contributed by atoms with Crippen LogP contribution in [0, 0.1) is 0 Å². The fourth-order valence-corrected chi connectivity index (χ4v) is 2.46. The zero-order chi connectivity index (χ0) is 13.8. The highest BCUT2D eigenvalue weighted by Gasteiger charge is 2.20. The summed E-state index contributed by atoms with van der Waals surface area (Å²) < 4.78 is 1.91. The molecule has 1 aliphatic heterocycles. The molecule has 2 N–H and O–H groups in total. The van der Waals surface area contributed by atoms with E-state index in [2.05, 4.69) is 15.6 Å². The van der Waals surface area contributed by atoms with Crippen LogP contribution in [0.5, 0.6) is 0 Å². The number of carbonyl (C=O) groups is 1. The summed E-state index contributed by atoms with van der Waals surface area (Å²) >= 11 is 0. The molecule has 0 aliphatic carbocycles. The van der Waals surface area contributed by atoms with Crippen LogP contribution in [0.2, 0.25) is 0 Å². The van der Waals surface area contributed by atoms with Gasteiger partial charge in [-0.1, -0.05) is 12.5 Å². The summed E-state index contributed by atoms with van der Waals surface area (Å²) in [6, 6.07) is 7.69. The van der Waals surface area contributed by atoms with E-state index in [-0.39, 0.29) is 11.9 Å². The van der Waals surface area contributed by atoms with Crippen LogP contribution in [0.25, 0.3) is 5.69 Å². The molecule has 1 aromatic carbocycles. The molecule has 0 saturated carbocycles. The number of hydrogen-bond donors (Lipinski definition) is 2. The van der Waals surface area contributed by atoms with Crippen LogP contribution in [0.3, 0.4) is 0 Å². The number of imidazole rings is 1. The first kappa shape index (κ1) is 12.9. The van der Waals surface area contributed by atoms with Gasteiger partial charge in [0.2, 0.25) is 5.91 Å². The molecule has 0 radical (unpaired) electrons. The van der Waals surface area contributed by atoms with Gasteiger partial charge in [-0.05, 0) is 37.6 Å². The molecular formula is C15H18N4O. The molecule has 1 aromatic heterocycles. The summed E-state index contributed by atoms with van der Waals surface area (Å²) in [5, 5.41) is 6.23. The van der Waals surface area contributed by atoms with Crippen LogP contribution >= 0.6 is 0 Å². The Labute approximate surface area is 118 Å². The van der Waals surface area contributed by atoms with Crippen LogP contribution < -0.4 is 10.6 Å². The minimum absolute atomic E-state index is 0.0486. The first-order valence-corrected chi connectivity index (χ1v) is 6.95. The number of piperidine rings is 1. The van der Waals surface area contributed by atoms with Gasteiger partial charge in [-0.15, -0.1) is 0 Å². The summed E-state index contributed by atoms with van der Waals surface area (Å²) in [4.78, 5) is 16.2. The van der Waals surface area contributed by atoms with Crippen molar-refractivity contribution in [3.05, 3.63) is 43.0 Å². The van der Waals surface area contributed by atoms with E-state index in [1.54, 1.807) is 12.5 Å². The van der Waals surface area contributed by atoms with E-state index in [9.17, 15) is 4.79 Å². The van der Waals surface area contributed by atoms with Crippen LogP contribution in [0.1, 0.15) is 19.3 Å². The van der Waals surface area contributed by atoms with Crippen molar-refractivity contribution < 1.29 is 4.79 Å². The lowest BCUT2D eigenvalue weighted by Gasteiger charge is -2.22. The lowest BCUT2D eigenvalue weighted by molar-refractivity contribution is -0.118. The molecule has 104 valence electrons. The second-order valence-corrected chi connectivity index (χ2v) is 5.01. The fourth-order valence-electron chi connectivity index (χ4n) is 2.46. The highest BCUT2D eigenvalue weighted by Crippen LogP contribution is 2.16. The maximum Gasteiger partial charge on any atom is 0.241 e. The number of carbonyl (C=O) groups excluding carboxylic acids is 1. The number of amides is 1. The molecule has 20 heavy (non-hydrogen) atoms. The van der Waals surface area contributed by atoms with Crippen LogP contribution in [0.15, 0.2) is 43.0 Å². The van der Waals surface area contributed by atoms with Gasteiger partial charge in [0.25, 0.3) is 0 Å². The van der Waals surface area contributed by atoms with Gasteiger partial charge < -0.3 is 15.2 Å². The Bertz CT molecular complexity index is 573. The van der Waals surface area contributed by atoms with E-state index in [0.717, 1.165) is 37.2 Å². The molecule has 1 fully saturated rings. The molecule has 2 heterocycles. The van der Waals surface area contributed by atoms with Gasteiger partial charge in [0.1, 0.15) is 0 Å². The summed E-state index contributed by atoms with van der Waals surface area (Å²) in [5.74, 6) is 0.0486. The number of aromatic nitrogens is 2. The average Bonchev–Trinajstić information content (AvgIpc) is 3.03. The second kappa shape index (κ2) is 5.88. The van der Waals surface area contributed by atoms with Crippen molar-refractivity contribution in [1.82, 2.24) is 14.9 Å². The van der Waals surface area contributed by atoms with Crippen molar-refractivity contribution in [3.63, 3.8) is 0 Å². The molecule has 1 saturated heterocycles. The molecule has 0 bridgehead atoms. The van der Waals surface area contributed by atoms with Gasteiger partial charge in [0, 0.05) is 23.8 Å². The fraction of sp³-hybridized carbons (Fsp3) is 0.333. The summed E-state index contributed by atoms with van der Waals surface area (Å²) in [6.45, 7) is 0.924.